The summed E-state index contributed by atoms with van der Waals surface area (Å²) in [7, 11) is 0. The normalized spacial score (nSPS) is 12.0. The topological polar surface area (TPSA) is 54.9 Å². The summed E-state index contributed by atoms with van der Waals surface area (Å²) in [5.74, 6) is 0.284. The molecule has 22 heavy (non-hydrogen) atoms. The molecule has 2 rings (SSSR count). The summed E-state index contributed by atoms with van der Waals surface area (Å²) in [5, 5.41) is 3.63. The summed E-state index contributed by atoms with van der Waals surface area (Å²) in [4.78, 5) is 20.7. The molecule has 0 bridgehead atoms. The molecule has 0 aliphatic rings. The van der Waals surface area contributed by atoms with E-state index in [4.69, 9.17) is 0 Å². The standard InChI is InChI=1S/C16H18BrN3OS/c1-10-8-11(2)19-16(18-10)22-9-15(21)20-12(3)13-4-6-14(17)7-5-13/h4-8,12H,9H2,1-3H3,(H,20,21). The quantitative estimate of drug-likeness (QED) is 0.633. The van der Waals surface area contributed by atoms with Gasteiger partial charge >= 0.3 is 0 Å². The lowest BCUT2D eigenvalue weighted by atomic mass is 10.1. The first-order chi connectivity index (χ1) is 10.4. The number of aromatic nitrogens is 2. The highest BCUT2D eigenvalue weighted by molar-refractivity contribution is 9.10. The second kappa shape index (κ2) is 7.74. The lowest BCUT2D eigenvalue weighted by Gasteiger charge is -2.14. The fourth-order valence-corrected chi connectivity index (χ4v) is 3.03. The fourth-order valence-electron chi connectivity index (χ4n) is 2.01. The van der Waals surface area contributed by atoms with Crippen molar-refractivity contribution in [2.45, 2.75) is 32.0 Å². The van der Waals surface area contributed by atoms with Crippen LogP contribution in [-0.2, 0) is 4.79 Å². The second-order valence-corrected chi connectivity index (χ2v) is 6.92. The van der Waals surface area contributed by atoms with Crippen LogP contribution in [-0.4, -0.2) is 21.6 Å². The van der Waals surface area contributed by atoms with Gasteiger partial charge in [-0.2, -0.15) is 0 Å². The van der Waals surface area contributed by atoms with E-state index in [2.05, 4.69) is 31.2 Å². The number of carbonyl (C=O) groups is 1. The summed E-state index contributed by atoms with van der Waals surface area (Å²) < 4.78 is 1.03. The zero-order valence-electron chi connectivity index (χ0n) is 12.8. The first kappa shape index (κ1) is 17.0. The maximum absolute atomic E-state index is 12.0. The Kier molecular flexibility index (Phi) is 5.97. The van der Waals surface area contributed by atoms with Gasteiger partial charge in [-0.05, 0) is 44.5 Å². The Balaban J connectivity index is 1.88. The minimum absolute atomic E-state index is 0.0248. The molecule has 1 N–H and O–H groups in total. The largest absolute Gasteiger partial charge is 0.349 e. The third kappa shape index (κ3) is 5.10. The highest BCUT2D eigenvalue weighted by Crippen LogP contribution is 2.18. The molecule has 0 fully saturated rings. The highest BCUT2D eigenvalue weighted by Gasteiger charge is 2.11. The number of benzene rings is 1. The summed E-state index contributed by atoms with van der Waals surface area (Å²) in [5.41, 5.74) is 2.90. The lowest BCUT2D eigenvalue weighted by Crippen LogP contribution is -2.28. The third-order valence-corrected chi connectivity index (χ3v) is 4.42. The SMILES string of the molecule is Cc1cc(C)nc(SCC(=O)NC(C)c2ccc(Br)cc2)n1. The number of amides is 1. The van der Waals surface area contributed by atoms with Crippen LogP contribution in [0.25, 0.3) is 0 Å². The molecule has 0 saturated heterocycles. The van der Waals surface area contributed by atoms with Crippen LogP contribution in [0.3, 0.4) is 0 Å². The maximum Gasteiger partial charge on any atom is 0.230 e. The number of nitrogens with one attached hydrogen (secondary N) is 1. The van der Waals surface area contributed by atoms with Gasteiger partial charge in [0.15, 0.2) is 5.16 Å². The molecule has 1 amide bonds. The van der Waals surface area contributed by atoms with Crippen LogP contribution in [0, 0.1) is 13.8 Å². The first-order valence-corrected chi connectivity index (χ1v) is 8.72. The molecule has 2 aromatic rings. The predicted molar refractivity (Wildman–Crippen MR) is 92.9 cm³/mol. The van der Waals surface area contributed by atoms with Crippen molar-refractivity contribution in [1.29, 1.82) is 0 Å². The number of nitrogens with zero attached hydrogens (tertiary/aromatic N) is 2. The fraction of sp³-hybridized carbons (Fsp3) is 0.312. The van der Waals surface area contributed by atoms with Gasteiger partial charge in [0, 0.05) is 15.9 Å². The molecule has 1 atom stereocenters. The molecule has 0 spiro atoms. The second-order valence-electron chi connectivity index (χ2n) is 5.06. The highest BCUT2D eigenvalue weighted by atomic mass is 79.9. The van der Waals surface area contributed by atoms with Crippen molar-refractivity contribution in [3.8, 4) is 0 Å². The van der Waals surface area contributed by atoms with Crippen molar-refractivity contribution < 1.29 is 4.79 Å². The lowest BCUT2D eigenvalue weighted by molar-refractivity contribution is -0.119. The first-order valence-electron chi connectivity index (χ1n) is 6.94. The molecule has 1 aromatic carbocycles. The zero-order chi connectivity index (χ0) is 16.1. The molecular formula is C16H18BrN3OS. The number of carbonyl (C=O) groups excluding carboxylic acids is 1. The molecule has 0 aliphatic heterocycles. The van der Waals surface area contributed by atoms with Gasteiger partial charge in [-0.1, -0.05) is 39.8 Å². The van der Waals surface area contributed by atoms with Crippen molar-refractivity contribution in [3.05, 3.63) is 51.8 Å². The third-order valence-electron chi connectivity index (χ3n) is 3.04. The molecule has 1 unspecified atom stereocenters. The van der Waals surface area contributed by atoms with E-state index in [0.717, 1.165) is 21.4 Å². The molecule has 0 aliphatic carbocycles. The number of halogens is 1. The van der Waals surface area contributed by atoms with Crippen LogP contribution >= 0.6 is 27.7 Å². The van der Waals surface area contributed by atoms with Gasteiger partial charge in [0.2, 0.25) is 5.91 Å². The molecule has 116 valence electrons. The van der Waals surface area contributed by atoms with E-state index in [0.29, 0.717) is 10.9 Å². The number of hydrogen-bond acceptors (Lipinski definition) is 4. The molecule has 4 nitrogen and oxygen atoms in total. The van der Waals surface area contributed by atoms with E-state index < -0.39 is 0 Å². The Hall–Kier alpha value is -1.40. The van der Waals surface area contributed by atoms with Gasteiger partial charge in [-0.15, -0.1) is 0 Å². The van der Waals surface area contributed by atoms with Crippen molar-refractivity contribution in [2.75, 3.05) is 5.75 Å². The molecule has 6 heteroatoms. The minimum Gasteiger partial charge on any atom is -0.349 e. The molecule has 0 saturated carbocycles. The Morgan fingerprint density at radius 3 is 2.41 bits per heavy atom. The predicted octanol–water partition coefficient (Wildman–Crippen LogP) is 3.83. The van der Waals surface area contributed by atoms with Crippen molar-refractivity contribution in [2.24, 2.45) is 0 Å². The molecule has 0 radical (unpaired) electrons. The van der Waals surface area contributed by atoms with Crippen LogP contribution in [0.1, 0.15) is 29.9 Å². The van der Waals surface area contributed by atoms with E-state index in [1.165, 1.54) is 11.8 Å². The van der Waals surface area contributed by atoms with Gasteiger partial charge in [0.25, 0.3) is 0 Å². The van der Waals surface area contributed by atoms with Crippen LogP contribution in [0.15, 0.2) is 40.0 Å². The van der Waals surface area contributed by atoms with E-state index in [-0.39, 0.29) is 11.9 Å². The van der Waals surface area contributed by atoms with Crippen molar-refractivity contribution in [3.63, 3.8) is 0 Å². The smallest absolute Gasteiger partial charge is 0.230 e. The van der Waals surface area contributed by atoms with Gasteiger partial charge in [-0.25, -0.2) is 9.97 Å². The minimum atomic E-state index is -0.0265. The molecular weight excluding hydrogens is 362 g/mol. The maximum atomic E-state index is 12.0. The summed E-state index contributed by atoms with van der Waals surface area (Å²) in [6.45, 7) is 5.82. The average molecular weight is 380 g/mol. The van der Waals surface area contributed by atoms with Gasteiger partial charge < -0.3 is 5.32 Å². The Bertz CT molecular complexity index is 641. The van der Waals surface area contributed by atoms with E-state index >= 15 is 0 Å². The van der Waals surface area contributed by atoms with Crippen molar-refractivity contribution >= 4 is 33.6 Å². The van der Waals surface area contributed by atoms with Crippen LogP contribution < -0.4 is 5.32 Å². The van der Waals surface area contributed by atoms with Crippen LogP contribution in [0.2, 0.25) is 0 Å². The van der Waals surface area contributed by atoms with Crippen LogP contribution in [0.5, 0.6) is 0 Å². The van der Waals surface area contributed by atoms with Gasteiger partial charge in [-0.3, -0.25) is 4.79 Å². The van der Waals surface area contributed by atoms with Gasteiger partial charge in [0.05, 0.1) is 11.8 Å². The number of aryl methyl sites for hydroxylation is 2. The van der Waals surface area contributed by atoms with Gasteiger partial charge in [0.1, 0.15) is 0 Å². The summed E-state index contributed by atoms with van der Waals surface area (Å²) >= 11 is 4.76. The summed E-state index contributed by atoms with van der Waals surface area (Å²) in [6, 6.07) is 9.82. The Morgan fingerprint density at radius 2 is 1.82 bits per heavy atom. The monoisotopic (exact) mass is 379 g/mol. The molecule has 1 aromatic heterocycles. The Morgan fingerprint density at radius 1 is 1.23 bits per heavy atom. The Labute approximate surface area is 143 Å². The number of hydrogen-bond donors (Lipinski definition) is 1. The van der Waals surface area contributed by atoms with E-state index in [1.54, 1.807) is 0 Å². The van der Waals surface area contributed by atoms with E-state index in [9.17, 15) is 4.79 Å². The average Bonchev–Trinajstić information content (AvgIpc) is 2.45. The zero-order valence-corrected chi connectivity index (χ0v) is 15.2. The van der Waals surface area contributed by atoms with Crippen LogP contribution in [0.4, 0.5) is 0 Å². The number of rotatable bonds is 5. The van der Waals surface area contributed by atoms with E-state index in [1.807, 2.05) is 51.1 Å². The molecule has 1 heterocycles. The van der Waals surface area contributed by atoms with Crippen molar-refractivity contribution in [1.82, 2.24) is 15.3 Å². The summed E-state index contributed by atoms with van der Waals surface area (Å²) in [6.07, 6.45) is 0. The number of thioether (sulfide) groups is 1.